The summed E-state index contributed by atoms with van der Waals surface area (Å²) < 4.78 is 0. The summed E-state index contributed by atoms with van der Waals surface area (Å²) in [5, 5.41) is 16.5. The molecule has 1 amide bonds. The zero-order valence-corrected chi connectivity index (χ0v) is 10.1. The van der Waals surface area contributed by atoms with Crippen LogP contribution >= 0.6 is 11.6 Å². The zero-order valence-electron chi connectivity index (χ0n) is 9.35. The largest absolute Gasteiger partial charge is 0.354 e. The summed E-state index contributed by atoms with van der Waals surface area (Å²) >= 11 is 5.66. The van der Waals surface area contributed by atoms with E-state index < -0.39 is 11.0 Å². The molecule has 18 heavy (non-hydrogen) atoms. The van der Waals surface area contributed by atoms with Crippen molar-refractivity contribution in [2.75, 3.05) is 11.9 Å². The van der Waals surface area contributed by atoms with Crippen molar-refractivity contribution >= 4 is 29.0 Å². The molecule has 1 aromatic rings. The molecule has 7 nitrogen and oxygen atoms in total. The van der Waals surface area contributed by atoms with Gasteiger partial charge in [-0.2, -0.15) is 0 Å². The first-order valence-electron chi connectivity index (χ1n) is 5.42. The molecule has 0 bridgehead atoms. The van der Waals surface area contributed by atoms with E-state index in [4.69, 9.17) is 11.6 Å². The van der Waals surface area contributed by atoms with Crippen molar-refractivity contribution in [2.24, 2.45) is 0 Å². The maximum Gasteiger partial charge on any atom is 0.312 e. The molecule has 1 unspecified atom stereocenters. The number of anilines is 1. The van der Waals surface area contributed by atoms with Gasteiger partial charge in [0, 0.05) is 18.8 Å². The molecular weight excluding hydrogens is 260 g/mol. The summed E-state index contributed by atoms with van der Waals surface area (Å²) in [5.74, 6) is -0.112. The second-order valence-electron chi connectivity index (χ2n) is 3.91. The zero-order chi connectivity index (χ0) is 13.1. The molecule has 1 aliphatic rings. The van der Waals surface area contributed by atoms with Crippen LogP contribution in [0, 0.1) is 10.1 Å². The molecule has 8 heteroatoms. The van der Waals surface area contributed by atoms with Crippen molar-refractivity contribution < 1.29 is 9.72 Å². The highest BCUT2D eigenvalue weighted by molar-refractivity contribution is 6.30. The first kappa shape index (κ1) is 12.6. The van der Waals surface area contributed by atoms with Crippen LogP contribution in [0.2, 0.25) is 5.02 Å². The quantitative estimate of drug-likeness (QED) is 0.638. The minimum absolute atomic E-state index is 0.0615. The van der Waals surface area contributed by atoms with Crippen LogP contribution in [0.3, 0.4) is 0 Å². The van der Waals surface area contributed by atoms with Gasteiger partial charge in [-0.25, -0.2) is 4.98 Å². The fraction of sp³-hybridized carbons (Fsp3) is 0.400. The number of halogens is 1. The highest BCUT2D eigenvalue weighted by Gasteiger charge is 2.25. The predicted octanol–water partition coefficient (Wildman–Crippen LogP) is 1.33. The smallest absolute Gasteiger partial charge is 0.312 e. The van der Waals surface area contributed by atoms with E-state index >= 15 is 0 Å². The number of pyridine rings is 1. The molecule has 0 aromatic carbocycles. The van der Waals surface area contributed by atoms with Crippen LogP contribution < -0.4 is 10.6 Å². The normalized spacial score (nSPS) is 19.2. The molecule has 0 saturated carbocycles. The lowest BCUT2D eigenvalue weighted by Crippen LogP contribution is -2.44. The highest BCUT2D eigenvalue weighted by atomic mass is 35.5. The number of nitrogens with one attached hydrogen (secondary N) is 2. The third kappa shape index (κ3) is 2.67. The fourth-order valence-corrected chi connectivity index (χ4v) is 1.91. The van der Waals surface area contributed by atoms with Gasteiger partial charge in [0.1, 0.15) is 6.04 Å². The van der Waals surface area contributed by atoms with Crippen LogP contribution in [0.1, 0.15) is 12.8 Å². The van der Waals surface area contributed by atoms with Gasteiger partial charge in [-0.15, -0.1) is 0 Å². The fourth-order valence-electron chi connectivity index (χ4n) is 1.75. The lowest BCUT2D eigenvalue weighted by Gasteiger charge is -2.22. The number of nitro groups is 1. The number of carbonyl (C=O) groups is 1. The summed E-state index contributed by atoms with van der Waals surface area (Å²) in [7, 11) is 0. The molecule has 2 heterocycles. The van der Waals surface area contributed by atoms with Crippen molar-refractivity contribution in [1.82, 2.24) is 10.3 Å². The molecule has 2 rings (SSSR count). The predicted molar refractivity (Wildman–Crippen MR) is 65.6 cm³/mol. The number of rotatable bonds is 3. The van der Waals surface area contributed by atoms with Crippen LogP contribution in [-0.4, -0.2) is 28.4 Å². The van der Waals surface area contributed by atoms with Crippen molar-refractivity contribution in [3.8, 4) is 0 Å². The van der Waals surface area contributed by atoms with E-state index in [0.29, 0.717) is 13.0 Å². The summed E-state index contributed by atoms with van der Waals surface area (Å²) in [4.78, 5) is 25.7. The van der Waals surface area contributed by atoms with Gasteiger partial charge in [-0.05, 0) is 12.8 Å². The minimum atomic E-state index is -0.581. The first-order valence-corrected chi connectivity index (χ1v) is 5.80. The van der Waals surface area contributed by atoms with Gasteiger partial charge in [0.15, 0.2) is 0 Å². The van der Waals surface area contributed by atoms with E-state index in [2.05, 4.69) is 15.6 Å². The first-order chi connectivity index (χ1) is 8.58. The Kier molecular flexibility index (Phi) is 3.61. The SMILES string of the molecule is O=C1NCCCC1Nc1ncc(Cl)cc1[N+](=O)[O-]. The molecule has 96 valence electrons. The third-order valence-electron chi connectivity index (χ3n) is 2.63. The standard InChI is InChI=1S/C10H11ClN4O3/c11-6-4-8(15(17)18)9(13-5-6)14-7-2-1-3-12-10(7)16/h4-5,7H,1-3H2,(H,12,16)(H,13,14). The molecule has 1 aromatic heterocycles. The van der Waals surface area contributed by atoms with Crippen molar-refractivity contribution in [3.63, 3.8) is 0 Å². The number of hydrogen-bond acceptors (Lipinski definition) is 5. The maximum absolute atomic E-state index is 11.5. The Morgan fingerprint density at radius 3 is 3.06 bits per heavy atom. The van der Waals surface area contributed by atoms with Gasteiger partial charge in [-0.1, -0.05) is 11.6 Å². The molecule has 1 aliphatic heterocycles. The van der Waals surface area contributed by atoms with E-state index in [0.717, 1.165) is 6.42 Å². The molecule has 1 saturated heterocycles. The van der Waals surface area contributed by atoms with E-state index in [1.807, 2.05) is 0 Å². The monoisotopic (exact) mass is 270 g/mol. The van der Waals surface area contributed by atoms with Gasteiger partial charge in [0.2, 0.25) is 11.7 Å². The van der Waals surface area contributed by atoms with Crippen LogP contribution in [0.5, 0.6) is 0 Å². The lowest BCUT2D eigenvalue weighted by molar-refractivity contribution is -0.384. The average Bonchev–Trinajstić information content (AvgIpc) is 2.34. The Bertz CT molecular complexity index is 494. The van der Waals surface area contributed by atoms with Crippen molar-refractivity contribution in [3.05, 3.63) is 27.4 Å². The van der Waals surface area contributed by atoms with E-state index in [9.17, 15) is 14.9 Å². The number of hydrogen-bond donors (Lipinski definition) is 2. The van der Waals surface area contributed by atoms with E-state index in [-0.39, 0.29) is 22.4 Å². The molecule has 2 N–H and O–H groups in total. The van der Waals surface area contributed by atoms with Gasteiger partial charge >= 0.3 is 5.69 Å². The molecule has 0 aliphatic carbocycles. The van der Waals surface area contributed by atoms with Crippen LogP contribution in [0.25, 0.3) is 0 Å². The lowest BCUT2D eigenvalue weighted by atomic mass is 10.1. The number of aromatic nitrogens is 1. The molecular formula is C10H11ClN4O3. The summed E-state index contributed by atoms with van der Waals surface area (Å²) in [5.41, 5.74) is -0.235. The number of piperidine rings is 1. The second-order valence-corrected chi connectivity index (χ2v) is 4.34. The molecule has 1 fully saturated rings. The molecule has 0 radical (unpaired) electrons. The Morgan fingerprint density at radius 2 is 2.39 bits per heavy atom. The van der Waals surface area contributed by atoms with E-state index in [1.165, 1.54) is 12.3 Å². The Hall–Kier alpha value is -1.89. The van der Waals surface area contributed by atoms with Crippen molar-refractivity contribution in [1.29, 1.82) is 0 Å². The number of amides is 1. The summed E-state index contributed by atoms with van der Waals surface area (Å²) in [6.45, 7) is 0.632. The van der Waals surface area contributed by atoms with Crippen molar-refractivity contribution in [2.45, 2.75) is 18.9 Å². The Labute approximate surface area is 108 Å². The van der Waals surface area contributed by atoms with Gasteiger partial charge < -0.3 is 10.6 Å². The summed E-state index contributed by atoms with van der Waals surface area (Å²) in [6.07, 6.45) is 2.75. The Morgan fingerprint density at radius 1 is 1.61 bits per heavy atom. The third-order valence-corrected chi connectivity index (χ3v) is 2.83. The maximum atomic E-state index is 11.5. The van der Waals surface area contributed by atoms with E-state index in [1.54, 1.807) is 0 Å². The van der Waals surface area contributed by atoms with Gasteiger partial charge in [0.05, 0.1) is 9.95 Å². The average molecular weight is 271 g/mol. The second kappa shape index (κ2) is 5.18. The number of carbonyl (C=O) groups excluding carboxylic acids is 1. The Balaban J connectivity index is 2.22. The minimum Gasteiger partial charge on any atom is -0.354 e. The summed E-state index contributed by atoms with van der Waals surface area (Å²) in [6, 6.07) is 0.712. The van der Waals surface area contributed by atoms with Crippen LogP contribution in [0.15, 0.2) is 12.3 Å². The molecule has 1 atom stereocenters. The highest BCUT2D eigenvalue weighted by Crippen LogP contribution is 2.26. The van der Waals surface area contributed by atoms with Crippen LogP contribution in [0.4, 0.5) is 11.5 Å². The van der Waals surface area contributed by atoms with Crippen LogP contribution in [-0.2, 0) is 4.79 Å². The topological polar surface area (TPSA) is 97.2 Å². The number of nitrogens with zero attached hydrogens (tertiary/aromatic N) is 2. The van der Waals surface area contributed by atoms with Gasteiger partial charge in [0.25, 0.3) is 0 Å². The molecule has 0 spiro atoms. The van der Waals surface area contributed by atoms with Gasteiger partial charge in [-0.3, -0.25) is 14.9 Å².